The number of aliphatic hydroxyl groups excluding tert-OH is 1. The lowest BCUT2D eigenvalue weighted by molar-refractivity contribution is -0.158. The number of halogens is 3. The van der Waals surface area contributed by atoms with Crippen LogP contribution < -0.4 is 26.0 Å². The van der Waals surface area contributed by atoms with Gasteiger partial charge in [0.15, 0.2) is 12.2 Å². The summed E-state index contributed by atoms with van der Waals surface area (Å²) < 4.78 is 43.2. The standard InChI is InChI=1S/C25H27ClF2N4O6/c1-25(27,28)38-20-9-7-19(8-10-20)37-14-13-36-16-30-22-21(29-15-17-3-5-18(26)6-4-17)23(34)32(11-12-33)24(35)31(22)2/h3-10,16,29,33H,11-15H2,1-2H3/b30-16+. The number of hydrogen-bond donors (Lipinski definition) is 2. The van der Waals surface area contributed by atoms with E-state index >= 15 is 0 Å². The van der Waals surface area contributed by atoms with Crippen molar-refractivity contribution < 1.29 is 28.1 Å². The quantitative estimate of drug-likeness (QED) is 0.189. The average Bonchev–Trinajstić information content (AvgIpc) is 2.87. The number of anilines is 1. The molecule has 2 N–H and O–H groups in total. The third-order valence-electron chi connectivity index (χ3n) is 5.06. The van der Waals surface area contributed by atoms with Gasteiger partial charge in [-0.05, 0) is 42.0 Å². The van der Waals surface area contributed by atoms with Crippen LogP contribution in [0.25, 0.3) is 0 Å². The van der Waals surface area contributed by atoms with E-state index in [0.717, 1.165) is 16.5 Å². The fourth-order valence-electron chi connectivity index (χ4n) is 3.31. The molecule has 0 fully saturated rings. The molecule has 2 aromatic carbocycles. The molecule has 1 heterocycles. The van der Waals surface area contributed by atoms with E-state index in [1.54, 1.807) is 24.3 Å². The van der Waals surface area contributed by atoms with Crippen molar-refractivity contribution in [3.05, 3.63) is 80.0 Å². The van der Waals surface area contributed by atoms with Crippen LogP contribution in [0.4, 0.5) is 20.3 Å². The van der Waals surface area contributed by atoms with Crippen molar-refractivity contribution in [1.29, 1.82) is 0 Å². The van der Waals surface area contributed by atoms with Crippen molar-refractivity contribution in [2.75, 3.05) is 25.1 Å². The van der Waals surface area contributed by atoms with Crippen molar-refractivity contribution in [2.45, 2.75) is 26.1 Å². The maximum Gasteiger partial charge on any atom is 0.394 e. The largest absolute Gasteiger partial charge is 0.490 e. The smallest absolute Gasteiger partial charge is 0.394 e. The predicted octanol–water partition coefficient (Wildman–Crippen LogP) is 3.55. The van der Waals surface area contributed by atoms with Gasteiger partial charge in [0.05, 0.1) is 13.2 Å². The summed E-state index contributed by atoms with van der Waals surface area (Å²) in [5.41, 5.74) is -0.404. The van der Waals surface area contributed by atoms with Crippen molar-refractivity contribution >= 4 is 29.5 Å². The van der Waals surface area contributed by atoms with E-state index in [4.69, 9.17) is 21.1 Å². The fourth-order valence-corrected chi connectivity index (χ4v) is 3.44. The number of benzene rings is 2. The molecule has 0 amide bonds. The topological polar surface area (TPSA) is 116 Å². The molecule has 1 aromatic heterocycles. The monoisotopic (exact) mass is 552 g/mol. The van der Waals surface area contributed by atoms with Crippen LogP contribution >= 0.6 is 11.6 Å². The lowest BCUT2D eigenvalue weighted by Crippen LogP contribution is -2.40. The average molecular weight is 553 g/mol. The summed E-state index contributed by atoms with van der Waals surface area (Å²) in [5, 5.41) is 12.9. The van der Waals surface area contributed by atoms with E-state index in [9.17, 15) is 23.5 Å². The van der Waals surface area contributed by atoms with Gasteiger partial charge in [-0.2, -0.15) is 8.78 Å². The van der Waals surface area contributed by atoms with E-state index in [1.807, 2.05) is 0 Å². The number of nitrogens with zero attached hydrogens (tertiary/aromatic N) is 3. The maximum absolute atomic E-state index is 13.0. The maximum atomic E-state index is 13.0. The van der Waals surface area contributed by atoms with Crippen LogP contribution in [-0.2, 0) is 24.9 Å². The molecule has 0 atom stereocenters. The second kappa shape index (κ2) is 13.1. The normalized spacial score (nSPS) is 11.5. The molecule has 10 nitrogen and oxygen atoms in total. The van der Waals surface area contributed by atoms with E-state index in [-0.39, 0.29) is 43.6 Å². The first-order valence-corrected chi connectivity index (χ1v) is 11.8. The summed E-state index contributed by atoms with van der Waals surface area (Å²) in [5.74, 6) is 0.452. The molecule has 0 aliphatic heterocycles. The van der Waals surface area contributed by atoms with Crippen LogP contribution in [0, 0.1) is 0 Å². The molecule has 0 spiro atoms. The van der Waals surface area contributed by atoms with Gasteiger partial charge in [-0.15, -0.1) is 0 Å². The van der Waals surface area contributed by atoms with E-state index < -0.39 is 24.0 Å². The molecular weight excluding hydrogens is 526 g/mol. The Morgan fingerprint density at radius 2 is 1.74 bits per heavy atom. The van der Waals surface area contributed by atoms with E-state index in [2.05, 4.69) is 15.0 Å². The zero-order valence-corrected chi connectivity index (χ0v) is 21.5. The van der Waals surface area contributed by atoms with Crippen LogP contribution in [0.1, 0.15) is 12.5 Å². The van der Waals surface area contributed by atoms with Gasteiger partial charge in [-0.25, -0.2) is 9.79 Å². The van der Waals surface area contributed by atoms with Crippen LogP contribution in [0.3, 0.4) is 0 Å². The molecule has 0 unspecified atom stereocenters. The molecule has 204 valence electrons. The van der Waals surface area contributed by atoms with Crippen LogP contribution in [0.15, 0.2) is 63.1 Å². The highest BCUT2D eigenvalue weighted by molar-refractivity contribution is 6.30. The predicted molar refractivity (Wildman–Crippen MR) is 139 cm³/mol. The van der Waals surface area contributed by atoms with Gasteiger partial charge in [0.2, 0.25) is 0 Å². The zero-order chi connectivity index (χ0) is 27.7. The first kappa shape index (κ1) is 28.7. The Morgan fingerprint density at radius 1 is 1.08 bits per heavy atom. The zero-order valence-electron chi connectivity index (χ0n) is 20.7. The Bertz CT molecular complexity index is 1350. The first-order valence-electron chi connectivity index (χ1n) is 11.5. The Morgan fingerprint density at radius 3 is 2.37 bits per heavy atom. The van der Waals surface area contributed by atoms with E-state index in [1.165, 1.54) is 35.9 Å². The summed E-state index contributed by atoms with van der Waals surface area (Å²) in [6.07, 6.45) is -2.20. The highest BCUT2D eigenvalue weighted by Gasteiger charge is 2.23. The minimum atomic E-state index is -3.28. The molecule has 38 heavy (non-hydrogen) atoms. The van der Waals surface area contributed by atoms with Gasteiger partial charge in [-0.1, -0.05) is 23.7 Å². The second-order valence-electron chi connectivity index (χ2n) is 8.04. The van der Waals surface area contributed by atoms with E-state index in [0.29, 0.717) is 17.7 Å². The number of ether oxygens (including phenoxy) is 3. The van der Waals surface area contributed by atoms with Gasteiger partial charge < -0.3 is 24.6 Å². The molecule has 0 radical (unpaired) electrons. The molecule has 0 saturated heterocycles. The minimum absolute atomic E-state index is 0.000217. The highest BCUT2D eigenvalue weighted by atomic mass is 35.5. The van der Waals surface area contributed by atoms with Crippen LogP contribution in [-0.4, -0.2) is 46.6 Å². The van der Waals surface area contributed by atoms with Gasteiger partial charge in [0, 0.05) is 25.5 Å². The lowest BCUT2D eigenvalue weighted by Gasteiger charge is -2.15. The molecule has 0 bridgehead atoms. The molecule has 3 aromatic rings. The molecule has 3 rings (SSSR count). The Balaban J connectivity index is 1.66. The number of aliphatic hydroxyl groups is 1. The number of alkyl halides is 2. The minimum Gasteiger partial charge on any atom is -0.490 e. The number of rotatable bonds is 13. The van der Waals surface area contributed by atoms with Gasteiger partial charge in [0.1, 0.15) is 30.4 Å². The summed E-state index contributed by atoms with van der Waals surface area (Å²) in [4.78, 5) is 29.8. The van der Waals surface area contributed by atoms with Crippen molar-refractivity contribution in [2.24, 2.45) is 12.0 Å². The second-order valence-corrected chi connectivity index (χ2v) is 8.47. The number of nitrogens with one attached hydrogen (secondary N) is 1. The first-order chi connectivity index (χ1) is 18.1. The van der Waals surface area contributed by atoms with Crippen LogP contribution in [0.2, 0.25) is 5.02 Å². The Hall–Kier alpha value is -3.90. The molecular formula is C25H27ClF2N4O6. The van der Waals surface area contributed by atoms with Crippen molar-refractivity contribution in [3.8, 4) is 11.5 Å². The van der Waals surface area contributed by atoms with Crippen LogP contribution in [0.5, 0.6) is 11.5 Å². The van der Waals surface area contributed by atoms with Gasteiger partial charge in [-0.3, -0.25) is 13.9 Å². The molecule has 0 saturated carbocycles. The number of aromatic nitrogens is 2. The highest BCUT2D eigenvalue weighted by Crippen LogP contribution is 2.23. The van der Waals surface area contributed by atoms with Gasteiger partial charge >= 0.3 is 11.8 Å². The number of aliphatic imine (C=N–C) groups is 1. The Labute approximate surface area is 221 Å². The number of hydrogen-bond acceptors (Lipinski definition) is 8. The van der Waals surface area contributed by atoms with Crippen molar-refractivity contribution in [3.63, 3.8) is 0 Å². The summed E-state index contributed by atoms with van der Waals surface area (Å²) in [6.45, 7) is 0.506. The fraction of sp³-hybridized carbons (Fsp3) is 0.320. The third kappa shape index (κ3) is 8.05. The third-order valence-corrected chi connectivity index (χ3v) is 5.32. The lowest BCUT2D eigenvalue weighted by atomic mass is 10.2. The van der Waals surface area contributed by atoms with Gasteiger partial charge in [0.25, 0.3) is 5.56 Å². The summed E-state index contributed by atoms with van der Waals surface area (Å²) in [7, 11) is 1.45. The molecule has 0 aliphatic rings. The van der Waals surface area contributed by atoms with Crippen molar-refractivity contribution in [1.82, 2.24) is 9.13 Å². The SMILES string of the molecule is Cn1c(/N=C/OCCOc2ccc(OC(C)(F)F)cc2)c(NCc2ccc(Cl)cc2)c(=O)n(CCO)c1=O. The Kier molecular flexibility index (Phi) is 9.85. The molecule has 0 aliphatic carbocycles. The molecule has 13 heteroatoms. The summed E-state index contributed by atoms with van der Waals surface area (Å²) in [6, 6.07) is 12.7. The summed E-state index contributed by atoms with van der Waals surface area (Å²) >= 11 is 5.92.